The van der Waals surface area contributed by atoms with Gasteiger partial charge in [-0.1, -0.05) is 6.07 Å². The third kappa shape index (κ3) is 1.89. The molecule has 1 aromatic heterocycles. The fourth-order valence-corrected chi connectivity index (χ4v) is 1.35. The van der Waals surface area contributed by atoms with Gasteiger partial charge in [-0.25, -0.2) is 8.78 Å². The predicted molar refractivity (Wildman–Crippen MR) is 51.1 cm³/mol. The first-order chi connectivity index (χ1) is 7.18. The topological polar surface area (TPSA) is 39.2 Å². The highest BCUT2D eigenvalue weighted by atomic mass is 19.2. The number of hydrogen-bond donors (Lipinski definition) is 1. The van der Waals surface area contributed by atoms with Gasteiger partial charge in [0.15, 0.2) is 11.6 Å². The molecular formula is C11H9F2NO. The fourth-order valence-electron chi connectivity index (χ4n) is 1.35. The first-order valence-electron chi connectivity index (χ1n) is 4.41. The third-order valence-corrected chi connectivity index (χ3v) is 2.21. The summed E-state index contributed by atoms with van der Waals surface area (Å²) in [6.45, 7) is 0. The van der Waals surface area contributed by atoms with Crippen LogP contribution in [0.1, 0.15) is 17.2 Å². The minimum atomic E-state index is -0.897. The molecule has 15 heavy (non-hydrogen) atoms. The lowest BCUT2D eigenvalue weighted by atomic mass is 10.0. The highest BCUT2D eigenvalue weighted by molar-refractivity contribution is 5.29. The minimum Gasteiger partial charge on any atom is -0.472 e. The molecule has 4 heteroatoms. The molecule has 2 aromatic rings. The maximum atomic E-state index is 12.9. The molecule has 0 aliphatic heterocycles. The van der Waals surface area contributed by atoms with Crippen molar-refractivity contribution >= 4 is 0 Å². The van der Waals surface area contributed by atoms with Crippen LogP contribution in [0, 0.1) is 11.6 Å². The van der Waals surface area contributed by atoms with Crippen molar-refractivity contribution in [2.45, 2.75) is 6.04 Å². The third-order valence-electron chi connectivity index (χ3n) is 2.21. The van der Waals surface area contributed by atoms with E-state index < -0.39 is 17.7 Å². The second kappa shape index (κ2) is 3.82. The second-order valence-corrected chi connectivity index (χ2v) is 3.21. The monoisotopic (exact) mass is 209 g/mol. The Morgan fingerprint density at radius 3 is 2.47 bits per heavy atom. The van der Waals surface area contributed by atoms with E-state index in [1.54, 1.807) is 6.07 Å². The Morgan fingerprint density at radius 1 is 1.07 bits per heavy atom. The number of rotatable bonds is 2. The van der Waals surface area contributed by atoms with Gasteiger partial charge < -0.3 is 10.2 Å². The van der Waals surface area contributed by atoms with Crippen LogP contribution in [0.4, 0.5) is 8.78 Å². The van der Waals surface area contributed by atoms with Crippen molar-refractivity contribution in [1.82, 2.24) is 0 Å². The van der Waals surface area contributed by atoms with Crippen LogP contribution in [0.5, 0.6) is 0 Å². The highest BCUT2D eigenvalue weighted by Gasteiger charge is 2.12. The van der Waals surface area contributed by atoms with Crippen LogP contribution in [-0.4, -0.2) is 0 Å². The molecule has 0 aliphatic rings. The molecule has 78 valence electrons. The first kappa shape index (κ1) is 9.86. The van der Waals surface area contributed by atoms with Gasteiger partial charge in [-0.15, -0.1) is 0 Å². The quantitative estimate of drug-likeness (QED) is 0.825. The highest BCUT2D eigenvalue weighted by Crippen LogP contribution is 2.21. The lowest BCUT2D eigenvalue weighted by Gasteiger charge is -2.09. The van der Waals surface area contributed by atoms with E-state index >= 15 is 0 Å². The smallest absolute Gasteiger partial charge is 0.159 e. The summed E-state index contributed by atoms with van der Waals surface area (Å²) in [7, 11) is 0. The summed E-state index contributed by atoms with van der Waals surface area (Å²) < 4.78 is 30.5. The summed E-state index contributed by atoms with van der Waals surface area (Å²) in [5.74, 6) is -1.77. The molecule has 0 aliphatic carbocycles. The number of halogens is 2. The van der Waals surface area contributed by atoms with Crippen LogP contribution in [0.15, 0.2) is 41.2 Å². The van der Waals surface area contributed by atoms with Crippen LogP contribution in [0.25, 0.3) is 0 Å². The average Bonchev–Trinajstić information content (AvgIpc) is 2.74. The molecule has 0 fully saturated rings. The molecule has 1 heterocycles. The lowest BCUT2D eigenvalue weighted by molar-refractivity contribution is 0.506. The van der Waals surface area contributed by atoms with Crippen molar-refractivity contribution in [2.75, 3.05) is 0 Å². The molecule has 1 aromatic carbocycles. The molecule has 0 amide bonds. The summed E-state index contributed by atoms with van der Waals surface area (Å²) in [6, 6.07) is 4.79. The van der Waals surface area contributed by atoms with Gasteiger partial charge in [0.1, 0.15) is 0 Å². The van der Waals surface area contributed by atoms with E-state index in [0.29, 0.717) is 5.56 Å². The van der Waals surface area contributed by atoms with Gasteiger partial charge in [-0.05, 0) is 23.8 Å². The Morgan fingerprint density at radius 2 is 1.87 bits per heavy atom. The molecule has 1 atom stereocenters. The van der Waals surface area contributed by atoms with Crippen LogP contribution < -0.4 is 5.73 Å². The molecule has 1 unspecified atom stereocenters. The molecule has 2 nitrogen and oxygen atoms in total. The van der Waals surface area contributed by atoms with E-state index in [4.69, 9.17) is 10.2 Å². The van der Waals surface area contributed by atoms with Crippen molar-refractivity contribution in [1.29, 1.82) is 0 Å². The Kier molecular flexibility index (Phi) is 2.51. The molecule has 2 N–H and O–H groups in total. The first-order valence-corrected chi connectivity index (χ1v) is 4.41. The van der Waals surface area contributed by atoms with Gasteiger partial charge in [-0.3, -0.25) is 0 Å². The maximum absolute atomic E-state index is 12.9. The zero-order valence-electron chi connectivity index (χ0n) is 7.78. The number of furan rings is 1. The molecule has 0 bridgehead atoms. The molecule has 2 rings (SSSR count). The Bertz CT molecular complexity index is 454. The largest absolute Gasteiger partial charge is 0.472 e. The van der Waals surface area contributed by atoms with Crippen LogP contribution in [-0.2, 0) is 0 Å². The minimum absolute atomic E-state index is 0.501. The van der Waals surface area contributed by atoms with E-state index in [2.05, 4.69) is 0 Å². The van der Waals surface area contributed by atoms with E-state index in [-0.39, 0.29) is 0 Å². The fraction of sp³-hybridized carbons (Fsp3) is 0.0909. The SMILES string of the molecule is NC(c1ccoc1)c1ccc(F)c(F)c1. The van der Waals surface area contributed by atoms with Crippen molar-refractivity contribution in [3.8, 4) is 0 Å². The molecule has 0 spiro atoms. The van der Waals surface area contributed by atoms with Crippen molar-refractivity contribution < 1.29 is 13.2 Å². The van der Waals surface area contributed by atoms with Crippen LogP contribution >= 0.6 is 0 Å². The van der Waals surface area contributed by atoms with E-state index in [1.165, 1.54) is 18.6 Å². The Labute approximate surface area is 85.3 Å². The number of nitrogens with two attached hydrogens (primary N) is 1. The van der Waals surface area contributed by atoms with Gasteiger partial charge in [0.05, 0.1) is 18.6 Å². The van der Waals surface area contributed by atoms with E-state index in [0.717, 1.165) is 17.7 Å². The maximum Gasteiger partial charge on any atom is 0.159 e. The van der Waals surface area contributed by atoms with E-state index in [1.807, 2.05) is 0 Å². The molecular weight excluding hydrogens is 200 g/mol. The van der Waals surface area contributed by atoms with Gasteiger partial charge >= 0.3 is 0 Å². The summed E-state index contributed by atoms with van der Waals surface area (Å²) >= 11 is 0. The zero-order valence-corrected chi connectivity index (χ0v) is 7.78. The van der Waals surface area contributed by atoms with Gasteiger partial charge in [-0.2, -0.15) is 0 Å². The van der Waals surface area contributed by atoms with Crippen LogP contribution in [0.3, 0.4) is 0 Å². The number of hydrogen-bond acceptors (Lipinski definition) is 2. The summed E-state index contributed by atoms with van der Waals surface area (Å²) in [6.07, 6.45) is 2.96. The van der Waals surface area contributed by atoms with E-state index in [9.17, 15) is 8.78 Å². The van der Waals surface area contributed by atoms with Crippen LogP contribution in [0.2, 0.25) is 0 Å². The standard InChI is InChI=1S/C11H9F2NO/c12-9-2-1-7(5-10(9)13)11(14)8-3-4-15-6-8/h1-6,11H,14H2. The predicted octanol–water partition coefficient (Wildman–Crippen LogP) is 2.61. The van der Waals surface area contributed by atoms with Gasteiger partial charge in [0.2, 0.25) is 0 Å². The van der Waals surface area contributed by atoms with Crippen molar-refractivity contribution in [3.05, 3.63) is 59.6 Å². The molecule has 0 saturated carbocycles. The van der Waals surface area contributed by atoms with Gasteiger partial charge in [0.25, 0.3) is 0 Å². The second-order valence-electron chi connectivity index (χ2n) is 3.21. The number of benzene rings is 1. The zero-order chi connectivity index (χ0) is 10.8. The lowest BCUT2D eigenvalue weighted by Crippen LogP contribution is -2.11. The normalized spacial score (nSPS) is 12.7. The Hall–Kier alpha value is -1.68. The van der Waals surface area contributed by atoms with Crippen molar-refractivity contribution in [3.63, 3.8) is 0 Å². The van der Waals surface area contributed by atoms with Crippen molar-refractivity contribution in [2.24, 2.45) is 5.73 Å². The average molecular weight is 209 g/mol. The molecule has 0 radical (unpaired) electrons. The summed E-state index contributed by atoms with van der Waals surface area (Å²) in [4.78, 5) is 0. The summed E-state index contributed by atoms with van der Waals surface area (Å²) in [5.41, 5.74) is 7.06. The Balaban J connectivity index is 2.34. The van der Waals surface area contributed by atoms with Gasteiger partial charge in [0, 0.05) is 5.56 Å². The molecule has 0 saturated heterocycles. The summed E-state index contributed by atoms with van der Waals surface area (Å²) in [5, 5.41) is 0.